The van der Waals surface area contributed by atoms with Crippen LogP contribution in [-0.4, -0.2) is 52.4 Å². The van der Waals surface area contributed by atoms with Gasteiger partial charge in [0.05, 0.1) is 24.3 Å². The van der Waals surface area contributed by atoms with Crippen LogP contribution in [0.15, 0.2) is 41.5 Å². The second kappa shape index (κ2) is 8.61. The van der Waals surface area contributed by atoms with E-state index in [2.05, 4.69) is 9.97 Å². The molecule has 32 heavy (non-hydrogen) atoms. The molecule has 172 valence electrons. The highest BCUT2D eigenvalue weighted by atomic mass is 19.3. The number of alkyl halides is 2. The van der Waals surface area contributed by atoms with Gasteiger partial charge in [-0.05, 0) is 43.4 Å². The first-order valence-electron chi connectivity index (χ1n) is 10.9. The van der Waals surface area contributed by atoms with Gasteiger partial charge in [0.2, 0.25) is 11.5 Å². The number of hydrogen-bond acceptors (Lipinski definition) is 5. The number of piperidine rings is 1. The molecule has 0 bridgehead atoms. The molecule has 4 rings (SSSR count). The van der Waals surface area contributed by atoms with Crippen LogP contribution in [0.2, 0.25) is 0 Å². The topological polar surface area (TPSA) is 101 Å². The molecule has 0 radical (unpaired) electrons. The van der Waals surface area contributed by atoms with Gasteiger partial charge in [-0.15, -0.1) is 0 Å². The number of nitrogens with one attached hydrogen (secondary N) is 1. The first-order valence-corrected chi connectivity index (χ1v) is 10.9. The number of carbonyl (C=O) groups is 1. The Morgan fingerprint density at radius 3 is 2.72 bits per heavy atom. The largest absolute Gasteiger partial charge is 0.492 e. The summed E-state index contributed by atoms with van der Waals surface area (Å²) in [6.07, 6.45) is 5.11. The number of aromatic nitrogens is 2. The van der Waals surface area contributed by atoms with E-state index >= 15 is 8.78 Å². The van der Waals surface area contributed by atoms with Crippen LogP contribution in [0.1, 0.15) is 37.4 Å². The number of amides is 1. The fraction of sp³-hybridized carbons (Fsp3) is 0.522. The monoisotopic (exact) mass is 446 g/mol. The summed E-state index contributed by atoms with van der Waals surface area (Å²) in [7, 11) is 0. The van der Waals surface area contributed by atoms with Crippen molar-refractivity contribution in [1.29, 1.82) is 0 Å². The molecule has 0 spiro atoms. The molecule has 1 aliphatic heterocycles. The number of rotatable bonds is 8. The highest BCUT2D eigenvalue weighted by Gasteiger charge is 2.55. The minimum Gasteiger partial charge on any atom is -0.492 e. The van der Waals surface area contributed by atoms with Crippen LogP contribution in [0, 0.1) is 5.92 Å². The van der Waals surface area contributed by atoms with Crippen LogP contribution >= 0.6 is 0 Å². The maximum Gasteiger partial charge on any atom is 0.259 e. The van der Waals surface area contributed by atoms with E-state index in [1.165, 1.54) is 38.1 Å². The molecule has 9 heteroatoms. The third kappa shape index (κ3) is 4.67. The van der Waals surface area contributed by atoms with E-state index in [1.807, 2.05) is 0 Å². The van der Waals surface area contributed by atoms with Crippen molar-refractivity contribution in [2.75, 3.05) is 19.7 Å². The highest BCUT2D eigenvalue weighted by molar-refractivity contribution is 5.80. The molecule has 1 aliphatic carbocycles. The summed E-state index contributed by atoms with van der Waals surface area (Å²) in [4.78, 5) is 32.3. The maximum absolute atomic E-state index is 15.0. The summed E-state index contributed by atoms with van der Waals surface area (Å²) in [6, 6.07) is 5.45. The molecule has 2 atom stereocenters. The number of H-pyrrole nitrogens is 1. The molecule has 2 aliphatic rings. The molecule has 3 N–H and O–H groups in total. The zero-order valence-corrected chi connectivity index (χ0v) is 18.0. The van der Waals surface area contributed by atoms with Crippen LogP contribution in [0.3, 0.4) is 0 Å². The fourth-order valence-electron chi connectivity index (χ4n) is 4.21. The smallest absolute Gasteiger partial charge is 0.259 e. The molecule has 2 unspecified atom stereocenters. The van der Waals surface area contributed by atoms with Gasteiger partial charge < -0.3 is 15.5 Å². The number of pyridine rings is 2. The van der Waals surface area contributed by atoms with E-state index in [0.717, 1.165) is 0 Å². The summed E-state index contributed by atoms with van der Waals surface area (Å²) in [6.45, 7) is 2.08. The normalized spacial score (nSPS) is 24.1. The molecule has 1 saturated carbocycles. The van der Waals surface area contributed by atoms with Gasteiger partial charge in [-0.25, -0.2) is 8.78 Å². The Balaban J connectivity index is 1.50. The van der Waals surface area contributed by atoms with E-state index in [-0.39, 0.29) is 25.1 Å². The predicted octanol–water partition coefficient (Wildman–Crippen LogP) is 2.25. The van der Waals surface area contributed by atoms with Crippen molar-refractivity contribution in [2.45, 2.75) is 50.0 Å². The minimum absolute atomic E-state index is 0.0299. The number of halogens is 2. The Morgan fingerprint density at radius 2 is 2.12 bits per heavy atom. The summed E-state index contributed by atoms with van der Waals surface area (Å²) >= 11 is 0. The third-order valence-corrected chi connectivity index (χ3v) is 6.61. The van der Waals surface area contributed by atoms with Crippen LogP contribution in [0.4, 0.5) is 8.78 Å². The number of ether oxygens (including phenoxy) is 1. The quantitative estimate of drug-likeness (QED) is 0.648. The zero-order valence-electron chi connectivity index (χ0n) is 18.0. The Morgan fingerprint density at radius 1 is 1.34 bits per heavy atom. The van der Waals surface area contributed by atoms with Gasteiger partial charge in [0, 0.05) is 43.9 Å². The molecular formula is C23H28F2N4O3. The summed E-state index contributed by atoms with van der Waals surface area (Å²) in [5.41, 5.74) is 4.68. The Bertz CT molecular complexity index is 1000. The van der Waals surface area contributed by atoms with Crippen LogP contribution in [0.25, 0.3) is 0 Å². The van der Waals surface area contributed by atoms with Crippen molar-refractivity contribution < 1.29 is 18.3 Å². The van der Waals surface area contributed by atoms with Gasteiger partial charge in [-0.3, -0.25) is 19.5 Å². The lowest BCUT2D eigenvalue weighted by atomic mass is 9.73. The van der Waals surface area contributed by atoms with Crippen LogP contribution < -0.4 is 16.0 Å². The summed E-state index contributed by atoms with van der Waals surface area (Å²) in [5.74, 6) is -2.31. The molecule has 2 aromatic heterocycles. The number of primary amides is 1. The molecule has 3 heterocycles. The van der Waals surface area contributed by atoms with Crippen molar-refractivity contribution in [1.82, 2.24) is 14.9 Å². The SMILES string of the molecule is CC1(c2ccc(=O)[nH]c2)CN(C(Cc2ccc(OCC3CC3)cn2)C(N)=O)CCC1(F)F. The number of nitrogens with zero attached hydrogens (tertiary/aromatic N) is 2. The first-order chi connectivity index (χ1) is 15.2. The number of aromatic amines is 1. The lowest BCUT2D eigenvalue weighted by Crippen LogP contribution is -2.61. The second-order valence-corrected chi connectivity index (χ2v) is 9.06. The van der Waals surface area contributed by atoms with Crippen LogP contribution in [-0.2, 0) is 16.6 Å². The molecule has 2 aromatic rings. The first kappa shape index (κ1) is 22.4. The average Bonchev–Trinajstić information content (AvgIpc) is 3.58. The Labute approximate surface area is 185 Å². The molecule has 7 nitrogen and oxygen atoms in total. The van der Waals surface area contributed by atoms with E-state index < -0.39 is 29.7 Å². The number of hydrogen-bond donors (Lipinski definition) is 2. The zero-order chi connectivity index (χ0) is 22.9. The van der Waals surface area contributed by atoms with E-state index in [4.69, 9.17) is 10.5 Å². The minimum atomic E-state index is -3.01. The highest BCUT2D eigenvalue weighted by Crippen LogP contribution is 2.45. The average molecular weight is 446 g/mol. The molecule has 1 saturated heterocycles. The van der Waals surface area contributed by atoms with Gasteiger partial charge in [-0.1, -0.05) is 6.07 Å². The van der Waals surface area contributed by atoms with Gasteiger partial charge in [0.15, 0.2) is 0 Å². The number of nitrogens with two attached hydrogens (primary N) is 1. The van der Waals surface area contributed by atoms with Crippen molar-refractivity contribution in [3.63, 3.8) is 0 Å². The van der Waals surface area contributed by atoms with E-state index in [9.17, 15) is 9.59 Å². The summed E-state index contributed by atoms with van der Waals surface area (Å²) in [5, 5.41) is 0. The van der Waals surface area contributed by atoms with Crippen LogP contribution in [0.5, 0.6) is 5.75 Å². The Kier molecular flexibility index (Phi) is 6.03. The van der Waals surface area contributed by atoms with Gasteiger partial charge in [0.1, 0.15) is 5.75 Å². The van der Waals surface area contributed by atoms with Crippen molar-refractivity contribution in [3.05, 3.63) is 58.3 Å². The number of likely N-dealkylation sites (tertiary alicyclic amines) is 1. The molecule has 2 fully saturated rings. The van der Waals surface area contributed by atoms with Gasteiger partial charge >= 0.3 is 0 Å². The lowest BCUT2D eigenvalue weighted by Gasteiger charge is -2.48. The maximum atomic E-state index is 15.0. The van der Waals surface area contributed by atoms with E-state index in [1.54, 1.807) is 23.2 Å². The number of carbonyl (C=O) groups excluding carboxylic acids is 1. The second-order valence-electron chi connectivity index (χ2n) is 9.06. The lowest BCUT2D eigenvalue weighted by molar-refractivity contribution is -0.140. The van der Waals surface area contributed by atoms with Gasteiger partial charge in [0.25, 0.3) is 5.92 Å². The Hall–Kier alpha value is -2.81. The van der Waals surface area contributed by atoms with E-state index in [0.29, 0.717) is 29.5 Å². The van der Waals surface area contributed by atoms with Crippen molar-refractivity contribution in [2.24, 2.45) is 11.7 Å². The summed E-state index contributed by atoms with van der Waals surface area (Å²) < 4.78 is 35.7. The standard InChI is InChI=1S/C23H28F2N4O3/c1-22(16-4-7-20(30)28-11-16)14-29(9-8-23(22,24)25)19(21(26)31)10-17-5-6-18(12-27-17)32-13-15-2-3-15/h4-7,11-12,15,19H,2-3,8-10,13-14H2,1H3,(H2,26,31)(H,28,30). The molecule has 0 aromatic carbocycles. The molecular weight excluding hydrogens is 418 g/mol. The van der Waals surface area contributed by atoms with Crippen molar-refractivity contribution in [3.8, 4) is 5.75 Å². The van der Waals surface area contributed by atoms with Crippen molar-refractivity contribution >= 4 is 5.91 Å². The third-order valence-electron chi connectivity index (χ3n) is 6.61. The fourth-order valence-corrected chi connectivity index (χ4v) is 4.21. The van der Waals surface area contributed by atoms with Gasteiger partial charge in [-0.2, -0.15) is 0 Å². The molecule has 1 amide bonds. The predicted molar refractivity (Wildman–Crippen MR) is 115 cm³/mol.